The SMILES string of the molecule is O=C(CSc1ncnc2c1nnn2-c1ccccc1)N1CCCCC1. The zero-order chi connectivity index (χ0) is 17.1. The number of likely N-dealkylation sites (tertiary alicyclic amines) is 1. The number of aromatic nitrogens is 5. The van der Waals surface area contributed by atoms with E-state index in [0.29, 0.717) is 21.9 Å². The van der Waals surface area contributed by atoms with Gasteiger partial charge in [-0.2, -0.15) is 4.68 Å². The fourth-order valence-electron chi connectivity index (χ4n) is 2.94. The molecule has 25 heavy (non-hydrogen) atoms. The standard InChI is InChI=1S/C17H18N6OS/c24-14(22-9-5-2-6-10-22)11-25-17-15-16(18-12-19-17)23(21-20-15)13-7-3-1-4-8-13/h1,3-4,7-8,12H,2,5-6,9-11H2. The summed E-state index contributed by atoms with van der Waals surface area (Å²) in [6.45, 7) is 1.73. The number of fused-ring (bicyclic) bond motifs is 1. The molecular formula is C17H18N6OS. The molecule has 0 bridgehead atoms. The minimum absolute atomic E-state index is 0.159. The van der Waals surface area contributed by atoms with Crippen molar-refractivity contribution in [3.05, 3.63) is 36.7 Å². The lowest BCUT2D eigenvalue weighted by Gasteiger charge is -2.26. The van der Waals surface area contributed by atoms with Crippen molar-refractivity contribution in [1.29, 1.82) is 0 Å². The first kappa shape index (κ1) is 16.0. The molecule has 2 aromatic heterocycles. The summed E-state index contributed by atoms with van der Waals surface area (Å²) in [5.74, 6) is 0.525. The lowest BCUT2D eigenvalue weighted by atomic mass is 10.1. The second-order valence-electron chi connectivity index (χ2n) is 5.92. The summed E-state index contributed by atoms with van der Waals surface area (Å²) >= 11 is 1.40. The molecule has 0 atom stereocenters. The number of carbonyl (C=O) groups excluding carboxylic acids is 1. The Hall–Kier alpha value is -2.48. The van der Waals surface area contributed by atoms with Gasteiger partial charge in [0.05, 0.1) is 11.4 Å². The number of hydrogen-bond donors (Lipinski definition) is 0. The molecule has 3 aromatic rings. The maximum absolute atomic E-state index is 12.4. The summed E-state index contributed by atoms with van der Waals surface area (Å²) < 4.78 is 1.69. The van der Waals surface area contributed by atoms with Crippen LogP contribution in [0.5, 0.6) is 0 Å². The molecule has 3 heterocycles. The molecule has 1 saturated heterocycles. The van der Waals surface area contributed by atoms with Gasteiger partial charge >= 0.3 is 0 Å². The van der Waals surface area contributed by atoms with Gasteiger partial charge in [0.15, 0.2) is 11.2 Å². The lowest BCUT2D eigenvalue weighted by Crippen LogP contribution is -2.36. The maximum atomic E-state index is 12.4. The van der Waals surface area contributed by atoms with Crippen molar-refractivity contribution >= 4 is 28.8 Å². The molecule has 0 spiro atoms. The third-order valence-corrected chi connectivity index (χ3v) is 5.21. The maximum Gasteiger partial charge on any atom is 0.232 e. The number of para-hydroxylation sites is 1. The van der Waals surface area contributed by atoms with Crippen molar-refractivity contribution in [2.24, 2.45) is 0 Å². The number of amides is 1. The van der Waals surface area contributed by atoms with E-state index >= 15 is 0 Å². The van der Waals surface area contributed by atoms with Crippen LogP contribution in [-0.2, 0) is 4.79 Å². The number of nitrogens with zero attached hydrogens (tertiary/aromatic N) is 6. The van der Waals surface area contributed by atoms with Crippen LogP contribution in [0, 0.1) is 0 Å². The zero-order valence-corrected chi connectivity index (χ0v) is 14.5. The van der Waals surface area contributed by atoms with Gasteiger partial charge in [-0.25, -0.2) is 9.97 Å². The highest BCUT2D eigenvalue weighted by Gasteiger charge is 2.19. The summed E-state index contributed by atoms with van der Waals surface area (Å²) in [6.07, 6.45) is 4.91. The van der Waals surface area contributed by atoms with Crippen LogP contribution >= 0.6 is 11.8 Å². The molecule has 0 N–H and O–H groups in total. The van der Waals surface area contributed by atoms with Crippen LogP contribution in [0.1, 0.15) is 19.3 Å². The Morgan fingerprint density at radius 2 is 1.88 bits per heavy atom. The van der Waals surface area contributed by atoms with E-state index < -0.39 is 0 Å². The number of hydrogen-bond acceptors (Lipinski definition) is 6. The first-order chi connectivity index (χ1) is 12.3. The van der Waals surface area contributed by atoms with Crippen molar-refractivity contribution in [3.8, 4) is 5.69 Å². The van der Waals surface area contributed by atoms with E-state index in [1.807, 2.05) is 35.2 Å². The largest absolute Gasteiger partial charge is 0.342 e. The van der Waals surface area contributed by atoms with E-state index in [0.717, 1.165) is 31.6 Å². The predicted octanol–water partition coefficient (Wildman–Crippen LogP) is 2.32. The molecule has 1 amide bonds. The van der Waals surface area contributed by atoms with Gasteiger partial charge < -0.3 is 4.90 Å². The molecule has 1 aliphatic heterocycles. The van der Waals surface area contributed by atoms with E-state index in [4.69, 9.17) is 0 Å². The summed E-state index contributed by atoms with van der Waals surface area (Å²) in [7, 11) is 0. The second-order valence-corrected chi connectivity index (χ2v) is 6.88. The number of benzene rings is 1. The lowest BCUT2D eigenvalue weighted by molar-refractivity contribution is -0.129. The number of thioether (sulfide) groups is 1. The Morgan fingerprint density at radius 3 is 2.68 bits per heavy atom. The minimum Gasteiger partial charge on any atom is -0.342 e. The van der Waals surface area contributed by atoms with E-state index in [9.17, 15) is 4.79 Å². The van der Waals surface area contributed by atoms with Gasteiger partial charge in [-0.05, 0) is 31.4 Å². The molecule has 0 radical (unpaired) electrons. The smallest absolute Gasteiger partial charge is 0.232 e. The van der Waals surface area contributed by atoms with Crippen molar-refractivity contribution in [2.45, 2.75) is 24.3 Å². The molecule has 1 aromatic carbocycles. The van der Waals surface area contributed by atoms with Gasteiger partial charge in [0.2, 0.25) is 5.91 Å². The predicted molar refractivity (Wildman–Crippen MR) is 95.6 cm³/mol. The van der Waals surface area contributed by atoms with Crippen molar-refractivity contribution in [2.75, 3.05) is 18.8 Å². The topological polar surface area (TPSA) is 76.8 Å². The summed E-state index contributed by atoms with van der Waals surface area (Å²) in [5.41, 5.74) is 2.17. The molecule has 1 aliphatic rings. The Kier molecular flexibility index (Phi) is 4.60. The van der Waals surface area contributed by atoms with Crippen LogP contribution < -0.4 is 0 Å². The third kappa shape index (κ3) is 3.34. The van der Waals surface area contributed by atoms with Crippen LogP contribution in [0.3, 0.4) is 0 Å². The molecular weight excluding hydrogens is 336 g/mol. The van der Waals surface area contributed by atoms with Gasteiger partial charge in [-0.1, -0.05) is 35.2 Å². The highest BCUT2D eigenvalue weighted by molar-refractivity contribution is 8.00. The fraction of sp³-hybridized carbons (Fsp3) is 0.353. The van der Waals surface area contributed by atoms with Crippen molar-refractivity contribution in [3.63, 3.8) is 0 Å². The Balaban J connectivity index is 1.54. The Bertz CT molecular complexity index is 875. The monoisotopic (exact) mass is 354 g/mol. The van der Waals surface area contributed by atoms with Crippen LogP contribution in [0.15, 0.2) is 41.7 Å². The Morgan fingerprint density at radius 1 is 1.08 bits per heavy atom. The van der Waals surface area contributed by atoms with E-state index in [2.05, 4.69) is 20.3 Å². The number of piperidine rings is 1. The Labute approximate surface area is 149 Å². The van der Waals surface area contributed by atoms with E-state index in [1.165, 1.54) is 24.5 Å². The zero-order valence-electron chi connectivity index (χ0n) is 13.7. The number of carbonyl (C=O) groups is 1. The summed E-state index contributed by atoms with van der Waals surface area (Å²) in [6, 6.07) is 9.73. The molecule has 0 unspecified atom stereocenters. The van der Waals surface area contributed by atoms with Gasteiger partial charge in [-0.3, -0.25) is 4.79 Å². The van der Waals surface area contributed by atoms with Gasteiger partial charge in [0, 0.05) is 13.1 Å². The molecule has 0 aliphatic carbocycles. The molecule has 8 heteroatoms. The molecule has 1 fully saturated rings. The van der Waals surface area contributed by atoms with Crippen molar-refractivity contribution in [1.82, 2.24) is 29.9 Å². The second kappa shape index (κ2) is 7.18. The quantitative estimate of drug-likeness (QED) is 0.529. The molecule has 4 rings (SSSR count). The molecule has 7 nitrogen and oxygen atoms in total. The normalized spacial score (nSPS) is 14.8. The third-order valence-electron chi connectivity index (χ3n) is 4.25. The van der Waals surface area contributed by atoms with Crippen LogP contribution in [-0.4, -0.2) is 54.6 Å². The fourth-order valence-corrected chi connectivity index (χ4v) is 3.77. The van der Waals surface area contributed by atoms with Crippen LogP contribution in [0.2, 0.25) is 0 Å². The minimum atomic E-state index is 0.159. The summed E-state index contributed by atoms with van der Waals surface area (Å²) in [5, 5.41) is 9.12. The van der Waals surface area contributed by atoms with E-state index in [-0.39, 0.29) is 5.91 Å². The van der Waals surface area contributed by atoms with Crippen LogP contribution in [0.25, 0.3) is 16.9 Å². The highest BCUT2D eigenvalue weighted by atomic mass is 32.2. The number of rotatable bonds is 4. The van der Waals surface area contributed by atoms with Gasteiger partial charge in [-0.15, -0.1) is 5.10 Å². The van der Waals surface area contributed by atoms with Gasteiger partial charge in [0.25, 0.3) is 0 Å². The molecule has 0 saturated carbocycles. The van der Waals surface area contributed by atoms with Crippen LogP contribution in [0.4, 0.5) is 0 Å². The first-order valence-electron chi connectivity index (χ1n) is 8.35. The summed E-state index contributed by atoms with van der Waals surface area (Å²) in [4.78, 5) is 22.9. The average Bonchev–Trinajstić information content (AvgIpc) is 3.12. The first-order valence-corrected chi connectivity index (χ1v) is 9.34. The molecule has 128 valence electrons. The van der Waals surface area contributed by atoms with Crippen molar-refractivity contribution < 1.29 is 4.79 Å². The average molecular weight is 354 g/mol. The van der Waals surface area contributed by atoms with Gasteiger partial charge in [0.1, 0.15) is 11.4 Å². The highest BCUT2D eigenvalue weighted by Crippen LogP contribution is 2.24. The van der Waals surface area contributed by atoms with E-state index in [1.54, 1.807) is 4.68 Å².